The molecule has 0 amide bonds. The normalized spacial score (nSPS) is 10.9. The van der Waals surface area contributed by atoms with Crippen molar-refractivity contribution in [3.63, 3.8) is 0 Å². The molecular weight excluding hydrogens is 460 g/mol. The molecule has 0 saturated heterocycles. The van der Waals surface area contributed by atoms with E-state index in [9.17, 15) is 0 Å². The van der Waals surface area contributed by atoms with Crippen molar-refractivity contribution >= 4 is 24.4 Å². The van der Waals surface area contributed by atoms with E-state index in [1.54, 1.807) is 0 Å². The molecule has 1 heteroatoms. The second kappa shape index (κ2) is 10.7. The lowest BCUT2D eigenvalue weighted by Gasteiger charge is -2.25. The molecule has 6 aromatic carbocycles. The molecule has 0 fully saturated rings. The van der Waals surface area contributed by atoms with E-state index < -0.39 is 8.80 Å². The summed E-state index contributed by atoms with van der Waals surface area (Å²) < 4.78 is 0. The molecule has 0 bridgehead atoms. The van der Waals surface area contributed by atoms with Crippen LogP contribution in [0.4, 0.5) is 0 Å². The Morgan fingerprint density at radius 2 is 0.486 bits per heavy atom. The molecule has 37 heavy (non-hydrogen) atoms. The average Bonchev–Trinajstić information content (AvgIpc) is 2.99. The molecule has 0 N–H and O–H groups in total. The summed E-state index contributed by atoms with van der Waals surface area (Å²) >= 11 is 0. The third kappa shape index (κ3) is 4.70. The van der Waals surface area contributed by atoms with Gasteiger partial charge in [0.1, 0.15) is 8.80 Å². The molecule has 0 spiro atoms. The minimum Gasteiger partial charge on any atom is -0.0623 e. The van der Waals surface area contributed by atoms with Gasteiger partial charge in [-0.05, 0) is 48.9 Å². The molecule has 0 aromatic heterocycles. The fourth-order valence-electron chi connectivity index (χ4n) is 5.39. The third-order valence-electron chi connectivity index (χ3n) is 7.07. The van der Waals surface area contributed by atoms with Crippen LogP contribution in [0.5, 0.6) is 0 Å². The highest BCUT2D eigenvalue weighted by Crippen LogP contribution is 2.23. The average molecular weight is 489 g/mol. The van der Waals surface area contributed by atoms with Crippen molar-refractivity contribution in [2.24, 2.45) is 0 Å². The molecule has 0 nitrogen and oxygen atoms in total. The van der Waals surface area contributed by atoms with Gasteiger partial charge in [0, 0.05) is 0 Å². The SMILES string of the molecule is c1ccc(-c2ccccc2[SiH](c2ccccc2-c2ccccc2)c2ccccc2-c2ccccc2)cc1. The first kappa shape index (κ1) is 23.0. The quantitative estimate of drug-likeness (QED) is 0.176. The molecular formula is C36H28Si. The van der Waals surface area contributed by atoms with Crippen LogP contribution in [0.3, 0.4) is 0 Å². The van der Waals surface area contributed by atoms with E-state index in [1.165, 1.54) is 48.9 Å². The summed E-state index contributed by atoms with van der Waals surface area (Å²) in [6.07, 6.45) is 0. The Morgan fingerprint density at radius 1 is 0.243 bits per heavy atom. The van der Waals surface area contributed by atoms with E-state index in [-0.39, 0.29) is 0 Å². The van der Waals surface area contributed by atoms with Gasteiger partial charge in [-0.1, -0.05) is 164 Å². The van der Waals surface area contributed by atoms with E-state index in [0.717, 1.165) is 0 Å². The number of hydrogen-bond acceptors (Lipinski definition) is 0. The molecule has 0 unspecified atom stereocenters. The highest BCUT2D eigenvalue weighted by atomic mass is 28.3. The molecule has 0 aliphatic rings. The van der Waals surface area contributed by atoms with Crippen molar-refractivity contribution in [3.05, 3.63) is 164 Å². The highest BCUT2D eigenvalue weighted by Gasteiger charge is 2.27. The number of rotatable bonds is 6. The van der Waals surface area contributed by atoms with Gasteiger partial charge in [-0.25, -0.2) is 0 Å². The monoisotopic (exact) mass is 488 g/mol. The van der Waals surface area contributed by atoms with Crippen LogP contribution in [0.15, 0.2) is 164 Å². The van der Waals surface area contributed by atoms with Gasteiger partial charge in [-0.3, -0.25) is 0 Å². The van der Waals surface area contributed by atoms with Crippen molar-refractivity contribution in [2.75, 3.05) is 0 Å². The zero-order chi connectivity index (χ0) is 24.9. The highest BCUT2D eigenvalue weighted by molar-refractivity contribution is 6.97. The summed E-state index contributed by atoms with van der Waals surface area (Å²) in [4.78, 5) is 0. The second-order valence-electron chi connectivity index (χ2n) is 9.29. The molecule has 176 valence electrons. The Labute approximate surface area is 221 Å². The van der Waals surface area contributed by atoms with Gasteiger partial charge in [-0.2, -0.15) is 0 Å². The Morgan fingerprint density at radius 3 is 0.784 bits per heavy atom. The van der Waals surface area contributed by atoms with Crippen LogP contribution in [0, 0.1) is 0 Å². The van der Waals surface area contributed by atoms with E-state index in [1.807, 2.05) is 0 Å². The lowest BCUT2D eigenvalue weighted by atomic mass is 10.1. The number of benzene rings is 6. The summed E-state index contributed by atoms with van der Waals surface area (Å²) in [6, 6.07) is 59.6. The van der Waals surface area contributed by atoms with Gasteiger partial charge in [0.15, 0.2) is 0 Å². The molecule has 0 atom stereocenters. The number of hydrogen-bond donors (Lipinski definition) is 0. The Hall–Kier alpha value is -4.46. The van der Waals surface area contributed by atoms with Crippen molar-refractivity contribution in [2.45, 2.75) is 0 Å². The van der Waals surface area contributed by atoms with E-state index >= 15 is 0 Å². The van der Waals surface area contributed by atoms with Crippen LogP contribution in [0.25, 0.3) is 33.4 Å². The molecule has 0 saturated carbocycles. The van der Waals surface area contributed by atoms with Gasteiger partial charge in [0.2, 0.25) is 0 Å². The minimum atomic E-state index is -1.94. The summed E-state index contributed by atoms with van der Waals surface area (Å²) in [5.74, 6) is 0. The largest absolute Gasteiger partial charge is 0.135 e. The summed E-state index contributed by atoms with van der Waals surface area (Å²) in [6.45, 7) is 0. The van der Waals surface area contributed by atoms with Gasteiger partial charge in [0.05, 0.1) is 0 Å². The van der Waals surface area contributed by atoms with Gasteiger partial charge >= 0.3 is 0 Å². The zero-order valence-electron chi connectivity index (χ0n) is 20.7. The van der Waals surface area contributed by atoms with Crippen LogP contribution in [-0.2, 0) is 0 Å². The lowest BCUT2D eigenvalue weighted by Crippen LogP contribution is -2.54. The van der Waals surface area contributed by atoms with Gasteiger partial charge < -0.3 is 0 Å². The zero-order valence-corrected chi connectivity index (χ0v) is 21.8. The molecule has 0 aliphatic heterocycles. The maximum absolute atomic E-state index is 2.36. The molecule has 6 rings (SSSR count). The van der Waals surface area contributed by atoms with Crippen LogP contribution in [-0.4, -0.2) is 8.80 Å². The van der Waals surface area contributed by atoms with Crippen molar-refractivity contribution in [3.8, 4) is 33.4 Å². The van der Waals surface area contributed by atoms with E-state index in [4.69, 9.17) is 0 Å². The van der Waals surface area contributed by atoms with Gasteiger partial charge in [0.25, 0.3) is 0 Å². The summed E-state index contributed by atoms with van der Waals surface area (Å²) in [7, 11) is -1.94. The van der Waals surface area contributed by atoms with Crippen molar-refractivity contribution in [1.82, 2.24) is 0 Å². The first-order valence-electron chi connectivity index (χ1n) is 12.8. The predicted molar refractivity (Wildman–Crippen MR) is 162 cm³/mol. The summed E-state index contributed by atoms with van der Waals surface area (Å²) in [5.41, 5.74) is 7.78. The van der Waals surface area contributed by atoms with Gasteiger partial charge in [-0.15, -0.1) is 0 Å². The maximum Gasteiger partial charge on any atom is 0.135 e. The first-order valence-corrected chi connectivity index (χ1v) is 14.6. The van der Waals surface area contributed by atoms with E-state index in [2.05, 4.69) is 164 Å². The molecule has 0 heterocycles. The Balaban J connectivity index is 1.66. The van der Waals surface area contributed by atoms with Crippen LogP contribution in [0.2, 0.25) is 0 Å². The minimum absolute atomic E-state index is 1.27. The molecule has 0 radical (unpaired) electrons. The van der Waals surface area contributed by atoms with E-state index in [0.29, 0.717) is 0 Å². The van der Waals surface area contributed by atoms with Crippen LogP contribution < -0.4 is 15.6 Å². The van der Waals surface area contributed by atoms with Crippen LogP contribution in [0.1, 0.15) is 0 Å². The Kier molecular flexibility index (Phi) is 6.61. The summed E-state index contributed by atoms with van der Waals surface area (Å²) in [5, 5.41) is 4.33. The molecule has 0 aliphatic carbocycles. The smallest absolute Gasteiger partial charge is 0.0623 e. The third-order valence-corrected chi connectivity index (χ3v) is 10.4. The molecule has 6 aromatic rings. The Bertz CT molecular complexity index is 1410. The topological polar surface area (TPSA) is 0 Å². The van der Waals surface area contributed by atoms with Crippen LogP contribution >= 0.6 is 0 Å². The standard InChI is InChI=1S/C36H28Si/c1-4-16-28(17-5-1)31-22-10-13-25-34(31)37(35-26-14-11-23-32(35)29-18-6-2-7-19-29)36-27-15-12-24-33(36)30-20-8-3-9-21-30/h1-27,37H. The lowest BCUT2D eigenvalue weighted by molar-refractivity contribution is 1.62. The fourth-order valence-corrected chi connectivity index (χ4v) is 9.03. The second-order valence-corrected chi connectivity index (χ2v) is 12.0. The first-order chi connectivity index (χ1) is 18.4. The predicted octanol–water partition coefficient (Wildman–Crippen LogP) is 6.94. The van der Waals surface area contributed by atoms with Crippen molar-refractivity contribution in [1.29, 1.82) is 0 Å². The van der Waals surface area contributed by atoms with Crippen molar-refractivity contribution < 1.29 is 0 Å². The maximum atomic E-state index is 2.36. The fraction of sp³-hybridized carbons (Fsp3) is 0.